The molecule has 0 bridgehead atoms. The van der Waals surface area contributed by atoms with Crippen molar-refractivity contribution in [3.63, 3.8) is 0 Å². The fourth-order valence-corrected chi connectivity index (χ4v) is 3.98. The highest BCUT2D eigenvalue weighted by Gasteiger charge is 2.40. The number of hydrogen-bond acceptors (Lipinski definition) is 4. The van der Waals surface area contributed by atoms with Gasteiger partial charge >= 0.3 is 0 Å². The molecule has 0 aromatic carbocycles. The molecule has 0 aliphatic heterocycles. The maximum atomic E-state index is 11.2. The number of amides is 1. The van der Waals surface area contributed by atoms with Gasteiger partial charge in [-0.15, -0.1) is 0 Å². The second kappa shape index (κ2) is 6.61. The van der Waals surface area contributed by atoms with Crippen LogP contribution in [0.1, 0.15) is 50.5 Å². The average Bonchev–Trinajstić information content (AvgIpc) is 2.84. The highest BCUT2D eigenvalue weighted by molar-refractivity contribution is 6.74. The normalized spacial score (nSPS) is 22.1. The minimum absolute atomic E-state index is 0.169. The fraction of sp³-hybridized carbons (Fsp3) is 0.647. The Morgan fingerprint density at radius 2 is 2.13 bits per heavy atom. The highest BCUT2D eigenvalue weighted by atomic mass is 28.4. The molecule has 127 valence electrons. The molecular weight excluding hydrogens is 306 g/mol. The number of carbonyl (C=O) groups is 1. The SMILES string of the molecule is CC(C)(C)[Si](C)(C)O[C@H]1CC[C@@H](Nc2cc[c]c(C(N)=O)n2)C1. The van der Waals surface area contributed by atoms with E-state index in [9.17, 15) is 4.79 Å². The number of nitrogens with zero attached hydrogens (tertiary/aromatic N) is 1. The highest BCUT2D eigenvalue weighted by Crippen LogP contribution is 2.39. The van der Waals surface area contributed by atoms with Crippen molar-refractivity contribution in [1.82, 2.24) is 4.98 Å². The summed E-state index contributed by atoms with van der Waals surface area (Å²) >= 11 is 0. The molecule has 1 fully saturated rings. The molecule has 5 nitrogen and oxygen atoms in total. The van der Waals surface area contributed by atoms with Crippen molar-refractivity contribution in [2.75, 3.05) is 5.32 Å². The molecule has 1 aromatic rings. The minimum Gasteiger partial charge on any atom is -0.414 e. The van der Waals surface area contributed by atoms with Crippen LogP contribution >= 0.6 is 0 Å². The van der Waals surface area contributed by atoms with Crippen LogP contribution in [0.15, 0.2) is 12.1 Å². The van der Waals surface area contributed by atoms with Crippen LogP contribution < -0.4 is 11.1 Å². The monoisotopic (exact) mass is 334 g/mol. The van der Waals surface area contributed by atoms with Crippen molar-refractivity contribution < 1.29 is 9.22 Å². The van der Waals surface area contributed by atoms with Crippen molar-refractivity contribution in [3.05, 3.63) is 23.9 Å². The molecule has 1 aliphatic rings. The first-order valence-electron chi connectivity index (χ1n) is 8.21. The summed E-state index contributed by atoms with van der Waals surface area (Å²) in [5.41, 5.74) is 5.42. The molecule has 6 heteroatoms. The predicted octanol–water partition coefficient (Wildman–Crippen LogP) is 3.34. The van der Waals surface area contributed by atoms with Crippen molar-refractivity contribution in [3.8, 4) is 0 Å². The van der Waals surface area contributed by atoms with Crippen LogP contribution in [0, 0.1) is 6.07 Å². The molecule has 0 spiro atoms. The van der Waals surface area contributed by atoms with Crippen molar-refractivity contribution in [2.24, 2.45) is 5.73 Å². The summed E-state index contributed by atoms with van der Waals surface area (Å²) in [7, 11) is -1.73. The molecule has 23 heavy (non-hydrogen) atoms. The van der Waals surface area contributed by atoms with Gasteiger partial charge in [0, 0.05) is 18.2 Å². The van der Waals surface area contributed by atoms with Gasteiger partial charge in [-0.3, -0.25) is 4.79 Å². The zero-order valence-electron chi connectivity index (χ0n) is 14.8. The van der Waals surface area contributed by atoms with Gasteiger partial charge in [0.05, 0.1) is 0 Å². The zero-order chi connectivity index (χ0) is 17.3. The molecule has 3 N–H and O–H groups in total. The van der Waals surface area contributed by atoms with Crippen molar-refractivity contribution >= 4 is 20.0 Å². The Balaban J connectivity index is 1.93. The number of anilines is 1. The molecule has 0 saturated heterocycles. The van der Waals surface area contributed by atoms with Crippen molar-refractivity contribution in [1.29, 1.82) is 0 Å². The lowest BCUT2D eigenvalue weighted by atomic mass is 10.2. The van der Waals surface area contributed by atoms with E-state index < -0.39 is 14.2 Å². The number of aromatic nitrogens is 1. The number of primary amides is 1. The number of nitrogens with one attached hydrogen (secondary N) is 1. The molecule has 1 heterocycles. The molecule has 0 unspecified atom stereocenters. The summed E-state index contributed by atoms with van der Waals surface area (Å²) in [5, 5.41) is 3.62. The first-order valence-corrected chi connectivity index (χ1v) is 11.1. The summed E-state index contributed by atoms with van der Waals surface area (Å²) in [4.78, 5) is 15.4. The summed E-state index contributed by atoms with van der Waals surface area (Å²) in [6.07, 6.45) is 3.38. The van der Waals surface area contributed by atoms with Gasteiger partial charge in [-0.25, -0.2) is 4.98 Å². The number of nitrogens with two attached hydrogens (primary N) is 1. The van der Waals surface area contributed by atoms with E-state index in [0.29, 0.717) is 18.0 Å². The Kier molecular flexibility index (Phi) is 5.16. The van der Waals surface area contributed by atoms with Crippen LogP contribution in [0.2, 0.25) is 18.1 Å². The maximum absolute atomic E-state index is 11.2. The van der Waals surface area contributed by atoms with Gasteiger partial charge in [-0.2, -0.15) is 0 Å². The van der Waals surface area contributed by atoms with Crippen LogP contribution in [-0.4, -0.2) is 31.4 Å². The molecule has 2 atom stereocenters. The van der Waals surface area contributed by atoms with Crippen LogP contribution in [-0.2, 0) is 4.43 Å². The van der Waals surface area contributed by atoms with Gasteiger partial charge < -0.3 is 15.5 Å². The lowest BCUT2D eigenvalue weighted by Crippen LogP contribution is -2.43. The summed E-state index contributed by atoms with van der Waals surface area (Å²) < 4.78 is 6.49. The molecule has 2 rings (SSSR count). The first-order chi connectivity index (χ1) is 10.6. The van der Waals surface area contributed by atoms with E-state index in [1.165, 1.54) is 0 Å². The Morgan fingerprint density at radius 3 is 2.74 bits per heavy atom. The smallest absolute Gasteiger partial charge is 0.268 e. The Bertz CT molecular complexity index is 569. The van der Waals surface area contributed by atoms with E-state index in [1.54, 1.807) is 6.07 Å². The van der Waals surface area contributed by atoms with Crippen LogP contribution in [0.5, 0.6) is 0 Å². The summed E-state index contributed by atoms with van der Waals surface area (Å²) in [6, 6.07) is 6.55. The lowest BCUT2D eigenvalue weighted by molar-refractivity contribution is 0.0995. The Hall–Kier alpha value is -1.40. The van der Waals surface area contributed by atoms with Crippen LogP contribution in [0.4, 0.5) is 5.82 Å². The van der Waals surface area contributed by atoms with Gasteiger partial charge in [0.25, 0.3) is 5.91 Å². The van der Waals surface area contributed by atoms with Crippen LogP contribution in [0.3, 0.4) is 0 Å². The number of hydrogen-bond donors (Lipinski definition) is 2. The van der Waals surface area contributed by atoms with E-state index in [1.807, 2.05) is 6.07 Å². The third-order valence-corrected chi connectivity index (χ3v) is 9.47. The minimum atomic E-state index is -1.73. The third kappa shape index (κ3) is 4.54. The second-order valence-electron chi connectivity index (χ2n) is 7.84. The molecule has 1 amide bonds. The van der Waals surface area contributed by atoms with E-state index in [-0.39, 0.29) is 10.7 Å². The average molecular weight is 335 g/mol. The molecular formula is C17H28N3O2Si. The standard InChI is InChI=1S/C17H28N3O2Si/c1-17(2,3)23(4,5)22-13-10-9-12(11-13)19-15-8-6-7-14(20-15)16(18)21/h6,8,12-13H,9-11H2,1-5H3,(H2,18,21)(H,19,20)/t12-,13+/m1/s1. The van der Waals surface area contributed by atoms with E-state index in [0.717, 1.165) is 19.3 Å². The maximum Gasteiger partial charge on any atom is 0.268 e. The van der Waals surface area contributed by atoms with E-state index >= 15 is 0 Å². The van der Waals surface area contributed by atoms with Gasteiger partial charge in [0.15, 0.2) is 8.32 Å². The first kappa shape index (κ1) is 17.9. The third-order valence-electron chi connectivity index (χ3n) is 4.93. The second-order valence-corrected chi connectivity index (χ2v) is 12.6. The fourth-order valence-electron chi connectivity index (χ4n) is 2.58. The quantitative estimate of drug-likeness (QED) is 0.810. The molecule has 1 aromatic heterocycles. The lowest BCUT2D eigenvalue weighted by Gasteiger charge is -2.38. The van der Waals surface area contributed by atoms with Crippen molar-refractivity contribution in [2.45, 2.75) is 70.3 Å². The molecule has 1 saturated carbocycles. The van der Waals surface area contributed by atoms with Crippen LogP contribution in [0.25, 0.3) is 0 Å². The predicted molar refractivity (Wildman–Crippen MR) is 94.9 cm³/mol. The molecule has 1 aliphatic carbocycles. The summed E-state index contributed by atoms with van der Waals surface area (Å²) in [5.74, 6) is 0.120. The van der Waals surface area contributed by atoms with Gasteiger partial charge in [0.2, 0.25) is 0 Å². The molecule has 1 radical (unpaired) electrons. The number of rotatable bonds is 5. The number of pyridine rings is 1. The Morgan fingerprint density at radius 1 is 1.43 bits per heavy atom. The van der Waals surface area contributed by atoms with Gasteiger partial charge in [-0.05, 0) is 49.5 Å². The van der Waals surface area contributed by atoms with E-state index in [2.05, 4.69) is 50.2 Å². The summed E-state index contributed by atoms with van der Waals surface area (Å²) in [6.45, 7) is 11.4. The Labute approximate surface area is 140 Å². The zero-order valence-corrected chi connectivity index (χ0v) is 15.8. The van der Waals surface area contributed by atoms with Gasteiger partial charge in [-0.1, -0.05) is 20.8 Å². The topological polar surface area (TPSA) is 77.2 Å². The van der Waals surface area contributed by atoms with E-state index in [4.69, 9.17) is 10.2 Å². The number of carbonyl (C=O) groups excluding carboxylic acids is 1. The van der Waals surface area contributed by atoms with Gasteiger partial charge in [0.1, 0.15) is 11.5 Å². The largest absolute Gasteiger partial charge is 0.414 e.